The van der Waals surface area contributed by atoms with Gasteiger partial charge in [0.2, 0.25) is 0 Å². The van der Waals surface area contributed by atoms with Crippen LogP contribution in [0.5, 0.6) is 0 Å². The Bertz CT molecular complexity index is 482. The van der Waals surface area contributed by atoms with Crippen LogP contribution in [0.2, 0.25) is 0 Å². The minimum atomic E-state index is -0.277. The van der Waals surface area contributed by atoms with Gasteiger partial charge in [-0.1, -0.05) is 34.6 Å². The van der Waals surface area contributed by atoms with Crippen LogP contribution >= 0.6 is 0 Å². The van der Waals surface area contributed by atoms with E-state index in [-0.39, 0.29) is 28.5 Å². The second-order valence-corrected chi connectivity index (χ2v) is 5.91. The van der Waals surface area contributed by atoms with Gasteiger partial charge in [0, 0.05) is 24.9 Å². The fourth-order valence-electron chi connectivity index (χ4n) is 2.83. The summed E-state index contributed by atoms with van der Waals surface area (Å²) < 4.78 is 1.69. The van der Waals surface area contributed by atoms with Crippen molar-refractivity contribution in [2.45, 2.75) is 65.3 Å². The summed E-state index contributed by atoms with van der Waals surface area (Å²) in [5.74, 6) is 0.0909. The first-order valence-electron chi connectivity index (χ1n) is 7.79. The molecule has 0 spiro atoms. The van der Waals surface area contributed by atoms with Crippen molar-refractivity contribution in [1.82, 2.24) is 15.1 Å². The second kappa shape index (κ2) is 7.54. The number of nitrogens with one attached hydrogen (secondary N) is 1. The number of nitrogens with zero attached hydrogens (tertiary/aromatic N) is 3. The Morgan fingerprint density at radius 2 is 1.95 bits per heavy atom. The van der Waals surface area contributed by atoms with E-state index in [1.54, 1.807) is 11.7 Å². The lowest BCUT2D eigenvalue weighted by Gasteiger charge is -2.23. The maximum Gasteiger partial charge on any atom is 0.313 e. The molecule has 0 aromatic carbocycles. The van der Waals surface area contributed by atoms with E-state index in [0.717, 1.165) is 25.1 Å². The van der Waals surface area contributed by atoms with Gasteiger partial charge in [0.15, 0.2) is 0 Å². The van der Waals surface area contributed by atoms with Crippen LogP contribution in [0.15, 0.2) is 0 Å². The van der Waals surface area contributed by atoms with E-state index < -0.39 is 0 Å². The summed E-state index contributed by atoms with van der Waals surface area (Å²) >= 11 is 0. The van der Waals surface area contributed by atoms with Crippen molar-refractivity contribution in [2.24, 2.45) is 7.05 Å². The summed E-state index contributed by atoms with van der Waals surface area (Å²) in [4.78, 5) is 11.2. The van der Waals surface area contributed by atoms with E-state index in [2.05, 4.69) is 24.3 Å². The van der Waals surface area contributed by atoms with Gasteiger partial charge >= 0.3 is 5.69 Å². The summed E-state index contributed by atoms with van der Waals surface area (Å²) in [6.45, 7) is 11.1. The molecule has 1 heterocycles. The van der Waals surface area contributed by atoms with Crippen LogP contribution < -0.4 is 5.32 Å². The highest BCUT2D eigenvalue weighted by Crippen LogP contribution is 2.35. The third-order valence-corrected chi connectivity index (χ3v) is 3.95. The SMILES string of the molecule is CCCNC(CC)C(C)c1c([N+](=O)[O-])c(C(C)C)nn1C. The highest BCUT2D eigenvalue weighted by molar-refractivity contribution is 5.45. The lowest BCUT2D eigenvalue weighted by molar-refractivity contribution is -0.386. The minimum absolute atomic E-state index is 0.0428. The van der Waals surface area contributed by atoms with Gasteiger partial charge < -0.3 is 5.32 Å². The molecule has 0 amide bonds. The van der Waals surface area contributed by atoms with Crippen molar-refractivity contribution in [1.29, 1.82) is 0 Å². The molecule has 1 aromatic rings. The highest BCUT2D eigenvalue weighted by atomic mass is 16.6. The third kappa shape index (κ3) is 3.81. The maximum atomic E-state index is 11.5. The molecule has 0 aliphatic rings. The molecular weight excluding hydrogens is 268 g/mol. The smallest absolute Gasteiger partial charge is 0.313 e. The molecule has 1 rings (SSSR count). The number of hydrogen-bond donors (Lipinski definition) is 1. The van der Waals surface area contributed by atoms with E-state index in [4.69, 9.17) is 0 Å². The lowest BCUT2D eigenvalue weighted by Crippen LogP contribution is -2.34. The molecule has 1 N–H and O–H groups in total. The summed E-state index contributed by atoms with van der Waals surface area (Å²) in [5, 5.41) is 19.4. The Kier molecular flexibility index (Phi) is 6.33. The van der Waals surface area contributed by atoms with Crippen LogP contribution in [-0.2, 0) is 7.05 Å². The number of aryl methyl sites for hydroxylation is 1. The van der Waals surface area contributed by atoms with Crippen molar-refractivity contribution < 1.29 is 4.92 Å². The van der Waals surface area contributed by atoms with Crippen molar-refractivity contribution in [3.8, 4) is 0 Å². The van der Waals surface area contributed by atoms with E-state index >= 15 is 0 Å². The number of hydrogen-bond acceptors (Lipinski definition) is 4. The molecule has 0 aliphatic carbocycles. The average molecular weight is 296 g/mol. The van der Waals surface area contributed by atoms with Gasteiger partial charge in [0.05, 0.1) is 4.92 Å². The van der Waals surface area contributed by atoms with Crippen LogP contribution in [0.1, 0.15) is 70.7 Å². The highest BCUT2D eigenvalue weighted by Gasteiger charge is 2.33. The first kappa shape index (κ1) is 17.6. The van der Waals surface area contributed by atoms with Gasteiger partial charge in [-0.25, -0.2) is 0 Å². The zero-order valence-electron chi connectivity index (χ0n) is 14.0. The fourth-order valence-corrected chi connectivity index (χ4v) is 2.83. The summed E-state index contributed by atoms with van der Waals surface area (Å²) in [5.41, 5.74) is 1.49. The molecule has 0 fully saturated rings. The Morgan fingerprint density at radius 1 is 1.33 bits per heavy atom. The van der Waals surface area contributed by atoms with Gasteiger partial charge in [0.25, 0.3) is 0 Å². The van der Waals surface area contributed by atoms with Crippen LogP contribution in [0, 0.1) is 10.1 Å². The van der Waals surface area contributed by atoms with E-state index in [9.17, 15) is 10.1 Å². The molecular formula is C15H28N4O2. The Balaban J connectivity index is 3.24. The Labute approximate surface area is 127 Å². The van der Waals surface area contributed by atoms with E-state index in [1.165, 1.54) is 0 Å². The zero-order chi connectivity index (χ0) is 16.2. The van der Waals surface area contributed by atoms with Crippen LogP contribution in [0.4, 0.5) is 5.69 Å². The molecule has 6 nitrogen and oxygen atoms in total. The van der Waals surface area contributed by atoms with Crippen LogP contribution in [-0.4, -0.2) is 27.3 Å². The van der Waals surface area contributed by atoms with Gasteiger partial charge in [-0.2, -0.15) is 5.10 Å². The summed E-state index contributed by atoms with van der Waals surface area (Å²) in [7, 11) is 1.80. The fraction of sp³-hybridized carbons (Fsp3) is 0.800. The molecule has 1 aromatic heterocycles. The minimum Gasteiger partial charge on any atom is -0.313 e. The number of rotatable bonds is 8. The second-order valence-electron chi connectivity index (χ2n) is 5.91. The summed E-state index contributed by atoms with van der Waals surface area (Å²) in [6.07, 6.45) is 1.98. The predicted molar refractivity (Wildman–Crippen MR) is 84.7 cm³/mol. The van der Waals surface area contributed by atoms with E-state index in [1.807, 2.05) is 20.8 Å². The predicted octanol–water partition coefficient (Wildman–Crippen LogP) is 3.33. The molecule has 120 valence electrons. The van der Waals surface area contributed by atoms with E-state index in [0.29, 0.717) is 5.69 Å². The molecule has 0 saturated heterocycles. The largest absolute Gasteiger partial charge is 0.313 e. The normalized spacial score (nSPS) is 14.4. The third-order valence-electron chi connectivity index (χ3n) is 3.95. The average Bonchev–Trinajstić information content (AvgIpc) is 2.77. The van der Waals surface area contributed by atoms with Crippen molar-refractivity contribution >= 4 is 5.69 Å². The molecule has 0 radical (unpaired) electrons. The van der Waals surface area contributed by atoms with Crippen molar-refractivity contribution in [3.05, 3.63) is 21.5 Å². The van der Waals surface area contributed by atoms with Crippen LogP contribution in [0.25, 0.3) is 0 Å². The molecule has 6 heteroatoms. The maximum absolute atomic E-state index is 11.5. The number of aromatic nitrogens is 2. The lowest BCUT2D eigenvalue weighted by atomic mass is 9.93. The standard InChI is InChI=1S/C15H28N4O2/c1-7-9-16-12(8-2)11(5)14-15(19(20)21)13(10(3)4)17-18(14)6/h10-12,16H,7-9H2,1-6H3. The van der Waals surface area contributed by atoms with Crippen molar-refractivity contribution in [3.63, 3.8) is 0 Å². The monoisotopic (exact) mass is 296 g/mol. The van der Waals surface area contributed by atoms with Gasteiger partial charge in [-0.05, 0) is 19.4 Å². The van der Waals surface area contributed by atoms with Crippen molar-refractivity contribution in [2.75, 3.05) is 6.54 Å². The Morgan fingerprint density at radius 3 is 2.38 bits per heavy atom. The topological polar surface area (TPSA) is 73.0 Å². The first-order chi connectivity index (χ1) is 9.84. The van der Waals surface area contributed by atoms with Gasteiger partial charge in [0.1, 0.15) is 11.4 Å². The molecule has 2 atom stereocenters. The zero-order valence-corrected chi connectivity index (χ0v) is 14.0. The first-order valence-corrected chi connectivity index (χ1v) is 7.79. The quantitative estimate of drug-likeness (QED) is 0.590. The number of nitro groups is 1. The van der Waals surface area contributed by atoms with Gasteiger partial charge in [-0.3, -0.25) is 14.8 Å². The molecule has 21 heavy (non-hydrogen) atoms. The summed E-state index contributed by atoms with van der Waals surface area (Å²) in [6, 6.07) is 0.221. The molecule has 0 bridgehead atoms. The molecule has 0 saturated carbocycles. The molecule has 2 unspecified atom stereocenters. The van der Waals surface area contributed by atoms with Crippen LogP contribution in [0.3, 0.4) is 0 Å². The molecule has 0 aliphatic heterocycles. The van der Waals surface area contributed by atoms with Gasteiger partial charge in [-0.15, -0.1) is 0 Å². The Hall–Kier alpha value is -1.43.